The maximum atomic E-state index is 6.41. The van der Waals surface area contributed by atoms with E-state index in [2.05, 4.69) is 31.2 Å². The van der Waals surface area contributed by atoms with Gasteiger partial charge in [0, 0.05) is 9.75 Å². The van der Waals surface area contributed by atoms with Crippen molar-refractivity contribution in [2.45, 2.75) is 25.1 Å². The lowest BCUT2D eigenvalue weighted by molar-refractivity contribution is 0.414. The number of methoxy groups -OCH3 is 1. The molecule has 0 saturated carbocycles. The van der Waals surface area contributed by atoms with E-state index in [-0.39, 0.29) is 5.38 Å². The van der Waals surface area contributed by atoms with Gasteiger partial charge < -0.3 is 4.74 Å². The largest absolute Gasteiger partial charge is 0.497 e. The van der Waals surface area contributed by atoms with Gasteiger partial charge in [0.15, 0.2) is 0 Å². The summed E-state index contributed by atoms with van der Waals surface area (Å²) in [5.41, 5.74) is 1.30. The van der Waals surface area contributed by atoms with Crippen molar-refractivity contribution >= 4 is 22.9 Å². The number of halogens is 1. The molecule has 1 aromatic carbocycles. The van der Waals surface area contributed by atoms with Crippen LogP contribution in [0.15, 0.2) is 36.4 Å². The Kier molecular flexibility index (Phi) is 4.67. The van der Waals surface area contributed by atoms with Gasteiger partial charge in [-0.1, -0.05) is 12.1 Å². The van der Waals surface area contributed by atoms with Gasteiger partial charge in [0.25, 0.3) is 0 Å². The molecule has 3 heteroatoms. The van der Waals surface area contributed by atoms with E-state index in [0.717, 1.165) is 18.6 Å². The topological polar surface area (TPSA) is 9.23 Å². The fraction of sp³-hybridized carbons (Fsp3) is 0.333. The van der Waals surface area contributed by atoms with Gasteiger partial charge in [0.05, 0.1) is 12.5 Å². The first-order chi connectivity index (χ1) is 8.69. The highest BCUT2D eigenvalue weighted by Gasteiger charge is 2.10. The van der Waals surface area contributed by atoms with Crippen LogP contribution in [0, 0.1) is 6.92 Å². The van der Waals surface area contributed by atoms with Crippen LogP contribution in [0.5, 0.6) is 5.75 Å². The highest BCUT2D eigenvalue weighted by Crippen LogP contribution is 2.31. The molecule has 1 nitrogen and oxygen atoms in total. The molecular formula is C15H17ClOS. The molecule has 96 valence electrons. The summed E-state index contributed by atoms with van der Waals surface area (Å²) in [7, 11) is 1.68. The molecule has 0 amide bonds. The van der Waals surface area contributed by atoms with Crippen LogP contribution in [0.2, 0.25) is 0 Å². The minimum Gasteiger partial charge on any atom is -0.497 e. The normalized spacial score (nSPS) is 12.4. The predicted octanol–water partition coefficient (Wildman–Crippen LogP) is 4.98. The molecule has 0 radical (unpaired) electrons. The summed E-state index contributed by atoms with van der Waals surface area (Å²) in [6.45, 7) is 2.11. The van der Waals surface area contributed by atoms with E-state index in [1.165, 1.54) is 15.3 Å². The summed E-state index contributed by atoms with van der Waals surface area (Å²) in [6, 6.07) is 12.4. The third-order valence-electron chi connectivity index (χ3n) is 2.92. The second-order valence-electron chi connectivity index (χ2n) is 4.30. The van der Waals surface area contributed by atoms with Crippen LogP contribution in [0.4, 0.5) is 0 Å². The zero-order chi connectivity index (χ0) is 13.0. The molecule has 2 aromatic rings. The van der Waals surface area contributed by atoms with Gasteiger partial charge >= 0.3 is 0 Å². The fourth-order valence-corrected chi connectivity index (χ4v) is 3.05. The number of aryl methyl sites for hydroxylation is 2. The van der Waals surface area contributed by atoms with E-state index in [0.29, 0.717) is 0 Å². The summed E-state index contributed by atoms with van der Waals surface area (Å²) in [5.74, 6) is 0.898. The van der Waals surface area contributed by atoms with Crippen molar-refractivity contribution in [1.29, 1.82) is 0 Å². The number of thiophene rings is 1. The third-order valence-corrected chi connectivity index (χ3v) is 4.61. The maximum Gasteiger partial charge on any atom is 0.118 e. The first-order valence-corrected chi connectivity index (χ1v) is 7.27. The number of ether oxygens (including phenoxy) is 1. The van der Waals surface area contributed by atoms with Crippen LogP contribution >= 0.6 is 22.9 Å². The monoisotopic (exact) mass is 280 g/mol. The van der Waals surface area contributed by atoms with Crippen molar-refractivity contribution in [3.8, 4) is 5.75 Å². The summed E-state index contributed by atoms with van der Waals surface area (Å²) in [5, 5.41) is 0.116. The molecule has 1 atom stereocenters. The standard InChI is InChI=1S/C15H17ClOS/c1-11-3-10-15(18-11)14(16)9-6-12-4-7-13(17-2)8-5-12/h3-5,7-8,10,14H,6,9H2,1-2H3. The van der Waals surface area contributed by atoms with Crippen molar-refractivity contribution in [3.63, 3.8) is 0 Å². The molecule has 1 heterocycles. The third kappa shape index (κ3) is 3.50. The van der Waals surface area contributed by atoms with Gasteiger partial charge in [-0.15, -0.1) is 22.9 Å². The SMILES string of the molecule is COc1ccc(CCC(Cl)c2ccc(C)s2)cc1. The minimum absolute atomic E-state index is 0.116. The quantitative estimate of drug-likeness (QED) is 0.702. The van der Waals surface area contributed by atoms with Crippen LogP contribution in [-0.4, -0.2) is 7.11 Å². The van der Waals surface area contributed by atoms with Crippen LogP contribution < -0.4 is 4.74 Å². The van der Waals surface area contributed by atoms with E-state index < -0.39 is 0 Å². The van der Waals surface area contributed by atoms with Crippen LogP contribution in [-0.2, 0) is 6.42 Å². The molecular weight excluding hydrogens is 264 g/mol. The van der Waals surface area contributed by atoms with Crippen LogP contribution in [0.1, 0.15) is 27.1 Å². The van der Waals surface area contributed by atoms with Crippen molar-refractivity contribution in [2.75, 3.05) is 7.11 Å². The molecule has 0 aliphatic rings. The van der Waals surface area contributed by atoms with Crippen molar-refractivity contribution < 1.29 is 4.74 Å². The van der Waals surface area contributed by atoms with Gasteiger partial charge in [-0.05, 0) is 49.6 Å². The average Bonchev–Trinajstić information content (AvgIpc) is 2.83. The van der Waals surface area contributed by atoms with E-state index in [9.17, 15) is 0 Å². The summed E-state index contributed by atoms with van der Waals surface area (Å²) < 4.78 is 5.14. The molecule has 0 spiro atoms. The number of rotatable bonds is 5. The fourth-order valence-electron chi connectivity index (χ4n) is 1.85. The molecule has 2 rings (SSSR count). The van der Waals surface area contributed by atoms with Crippen molar-refractivity contribution in [3.05, 3.63) is 51.7 Å². The number of alkyl halides is 1. The Hall–Kier alpha value is -0.990. The number of hydrogen-bond donors (Lipinski definition) is 0. The second-order valence-corrected chi connectivity index (χ2v) is 6.15. The maximum absolute atomic E-state index is 6.41. The van der Waals surface area contributed by atoms with Crippen molar-refractivity contribution in [2.24, 2.45) is 0 Å². The predicted molar refractivity (Wildman–Crippen MR) is 79.0 cm³/mol. The van der Waals surface area contributed by atoms with Gasteiger partial charge in [-0.3, -0.25) is 0 Å². The Balaban J connectivity index is 1.90. The molecule has 0 bridgehead atoms. The van der Waals surface area contributed by atoms with Gasteiger partial charge in [-0.25, -0.2) is 0 Å². The highest BCUT2D eigenvalue weighted by atomic mass is 35.5. The summed E-state index contributed by atoms with van der Waals surface area (Å²) in [6.07, 6.45) is 1.96. The molecule has 0 aliphatic heterocycles. The summed E-state index contributed by atoms with van der Waals surface area (Å²) >= 11 is 8.20. The van der Waals surface area contributed by atoms with Gasteiger partial charge in [0.2, 0.25) is 0 Å². The molecule has 18 heavy (non-hydrogen) atoms. The summed E-state index contributed by atoms with van der Waals surface area (Å²) in [4.78, 5) is 2.59. The molecule has 0 N–H and O–H groups in total. The van der Waals surface area contributed by atoms with Crippen LogP contribution in [0.3, 0.4) is 0 Å². The second kappa shape index (κ2) is 6.26. The smallest absolute Gasteiger partial charge is 0.118 e. The minimum atomic E-state index is 0.116. The Labute approximate surface area is 117 Å². The number of hydrogen-bond acceptors (Lipinski definition) is 2. The molecule has 0 fully saturated rings. The van der Waals surface area contributed by atoms with Gasteiger partial charge in [-0.2, -0.15) is 0 Å². The van der Waals surface area contributed by atoms with Crippen LogP contribution in [0.25, 0.3) is 0 Å². The first kappa shape index (κ1) is 13.4. The van der Waals surface area contributed by atoms with E-state index in [1.54, 1.807) is 18.4 Å². The van der Waals surface area contributed by atoms with E-state index in [1.807, 2.05) is 12.1 Å². The lowest BCUT2D eigenvalue weighted by Gasteiger charge is -2.07. The van der Waals surface area contributed by atoms with E-state index >= 15 is 0 Å². The average molecular weight is 281 g/mol. The lowest BCUT2D eigenvalue weighted by Crippen LogP contribution is -1.92. The lowest BCUT2D eigenvalue weighted by atomic mass is 10.1. The van der Waals surface area contributed by atoms with E-state index in [4.69, 9.17) is 16.3 Å². The molecule has 0 saturated heterocycles. The first-order valence-electron chi connectivity index (χ1n) is 6.02. The Morgan fingerprint density at radius 3 is 2.44 bits per heavy atom. The number of benzene rings is 1. The molecule has 0 aliphatic carbocycles. The zero-order valence-electron chi connectivity index (χ0n) is 10.7. The van der Waals surface area contributed by atoms with Gasteiger partial charge in [0.1, 0.15) is 5.75 Å². The zero-order valence-corrected chi connectivity index (χ0v) is 12.2. The molecule has 1 unspecified atom stereocenters. The van der Waals surface area contributed by atoms with Crippen molar-refractivity contribution in [1.82, 2.24) is 0 Å². The Bertz CT molecular complexity index is 489. The Morgan fingerprint density at radius 1 is 1.17 bits per heavy atom. The molecule has 1 aromatic heterocycles. The highest BCUT2D eigenvalue weighted by molar-refractivity contribution is 7.12. The Morgan fingerprint density at radius 2 is 1.89 bits per heavy atom.